The van der Waals surface area contributed by atoms with Crippen molar-refractivity contribution in [3.05, 3.63) is 28.7 Å². The van der Waals surface area contributed by atoms with Crippen LogP contribution in [0.5, 0.6) is 0 Å². The lowest BCUT2D eigenvalue weighted by molar-refractivity contribution is 0.235. The van der Waals surface area contributed by atoms with Crippen LogP contribution in [0.2, 0.25) is 0 Å². The van der Waals surface area contributed by atoms with E-state index >= 15 is 0 Å². The van der Waals surface area contributed by atoms with Crippen LogP contribution in [0.25, 0.3) is 11.2 Å². The van der Waals surface area contributed by atoms with E-state index in [-0.39, 0.29) is 17.6 Å². The first-order valence-electron chi connectivity index (χ1n) is 8.79. The molecular formula is C17H24N6O2. The van der Waals surface area contributed by atoms with Gasteiger partial charge in [-0.25, -0.2) is 14.8 Å². The first-order valence-corrected chi connectivity index (χ1v) is 8.79. The zero-order valence-electron chi connectivity index (χ0n) is 14.7. The van der Waals surface area contributed by atoms with Gasteiger partial charge < -0.3 is 15.5 Å². The number of nitrogens with one attached hydrogen (secondary N) is 2. The van der Waals surface area contributed by atoms with Crippen molar-refractivity contribution >= 4 is 23.0 Å². The second-order valence-electron chi connectivity index (χ2n) is 6.10. The Morgan fingerprint density at radius 1 is 1.32 bits per heavy atom. The van der Waals surface area contributed by atoms with Crippen LogP contribution in [-0.4, -0.2) is 46.2 Å². The highest BCUT2D eigenvalue weighted by Crippen LogP contribution is 2.17. The number of pyridine rings is 1. The molecule has 0 unspecified atom stereocenters. The Morgan fingerprint density at radius 3 is 2.76 bits per heavy atom. The van der Waals surface area contributed by atoms with Crippen molar-refractivity contribution in [2.45, 2.75) is 39.3 Å². The number of aryl methyl sites for hydroxylation is 1. The quantitative estimate of drug-likeness (QED) is 0.866. The third-order valence-electron chi connectivity index (χ3n) is 4.47. The number of carbonyl (C=O) groups is 1. The van der Waals surface area contributed by atoms with E-state index in [4.69, 9.17) is 0 Å². The molecule has 0 spiro atoms. The average molecular weight is 344 g/mol. The maximum atomic E-state index is 12.8. The van der Waals surface area contributed by atoms with Crippen LogP contribution < -0.4 is 21.1 Å². The lowest BCUT2D eigenvalue weighted by atomic mass is 10.1. The Morgan fingerprint density at radius 2 is 2.08 bits per heavy atom. The van der Waals surface area contributed by atoms with Crippen LogP contribution in [0.4, 0.5) is 10.6 Å². The molecule has 0 aliphatic carbocycles. The summed E-state index contributed by atoms with van der Waals surface area (Å²) in [6, 6.07) is 3.69. The fourth-order valence-corrected chi connectivity index (χ4v) is 3.19. The number of hydrogen-bond donors (Lipinski definition) is 2. The molecule has 25 heavy (non-hydrogen) atoms. The van der Waals surface area contributed by atoms with Gasteiger partial charge in [0.05, 0.1) is 0 Å². The normalized spacial score (nSPS) is 15.4. The maximum absolute atomic E-state index is 12.8. The fourth-order valence-electron chi connectivity index (χ4n) is 3.19. The lowest BCUT2D eigenvalue weighted by Gasteiger charge is -2.33. The first-order chi connectivity index (χ1) is 12.1. The molecular weight excluding hydrogens is 320 g/mol. The molecule has 1 saturated heterocycles. The van der Waals surface area contributed by atoms with E-state index in [2.05, 4.69) is 20.6 Å². The van der Waals surface area contributed by atoms with Crippen LogP contribution in [0.1, 0.15) is 26.7 Å². The van der Waals surface area contributed by atoms with Gasteiger partial charge in [0.25, 0.3) is 5.56 Å². The smallest absolute Gasteiger partial charge is 0.314 e. The minimum Gasteiger partial charge on any atom is -0.352 e. The number of piperidine rings is 1. The molecule has 3 rings (SSSR count). The molecule has 8 heteroatoms. The third kappa shape index (κ3) is 3.57. The number of aromatic nitrogens is 3. The number of carbonyl (C=O) groups excluding carboxylic acids is 1. The van der Waals surface area contributed by atoms with Crippen LogP contribution >= 0.6 is 0 Å². The molecule has 0 saturated carbocycles. The van der Waals surface area contributed by atoms with Gasteiger partial charge in [-0.1, -0.05) is 0 Å². The van der Waals surface area contributed by atoms with Gasteiger partial charge in [0.1, 0.15) is 5.52 Å². The van der Waals surface area contributed by atoms with E-state index in [0.29, 0.717) is 37.6 Å². The Hall–Kier alpha value is -2.64. The van der Waals surface area contributed by atoms with Gasteiger partial charge in [-0.05, 0) is 38.8 Å². The van der Waals surface area contributed by atoms with Gasteiger partial charge in [-0.2, -0.15) is 0 Å². The monoisotopic (exact) mass is 344 g/mol. The molecule has 2 N–H and O–H groups in total. The van der Waals surface area contributed by atoms with Crippen molar-refractivity contribution in [2.24, 2.45) is 0 Å². The summed E-state index contributed by atoms with van der Waals surface area (Å²) in [7, 11) is 0. The third-order valence-corrected chi connectivity index (χ3v) is 4.47. The summed E-state index contributed by atoms with van der Waals surface area (Å²) in [4.78, 5) is 35.3. The highest BCUT2D eigenvalue weighted by molar-refractivity contribution is 5.74. The molecule has 0 radical (unpaired) electrons. The number of rotatable bonds is 4. The van der Waals surface area contributed by atoms with E-state index in [0.717, 1.165) is 18.4 Å². The number of anilines is 1. The van der Waals surface area contributed by atoms with Crippen LogP contribution in [0.3, 0.4) is 0 Å². The number of fused-ring (bicyclic) bond motifs is 1. The summed E-state index contributed by atoms with van der Waals surface area (Å²) < 4.78 is 1.66. The molecule has 134 valence electrons. The summed E-state index contributed by atoms with van der Waals surface area (Å²) in [6.45, 7) is 6.36. The molecule has 0 atom stereocenters. The van der Waals surface area contributed by atoms with E-state index in [1.54, 1.807) is 10.8 Å². The van der Waals surface area contributed by atoms with Crippen molar-refractivity contribution < 1.29 is 4.79 Å². The van der Waals surface area contributed by atoms with Crippen molar-refractivity contribution in [1.82, 2.24) is 25.2 Å². The van der Waals surface area contributed by atoms with E-state index in [1.807, 2.05) is 30.9 Å². The van der Waals surface area contributed by atoms with Gasteiger partial charge >= 0.3 is 6.03 Å². The Kier molecular flexibility index (Phi) is 5.16. The number of nitrogens with zero attached hydrogens (tertiary/aromatic N) is 4. The average Bonchev–Trinajstić information content (AvgIpc) is 2.62. The second-order valence-corrected chi connectivity index (χ2v) is 6.10. The minimum absolute atomic E-state index is 0.108. The second kappa shape index (κ2) is 7.50. The Balaban J connectivity index is 1.78. The summed E-state index contributed by atoms with van der Waals surface area (Å²) >= 11 is 0. The molecule has 1 fully saturated rings. The molecule has 1 aliphatic heterocycles. The topological polar surface area (TPSA) is 92.2 Å². The highest BCUT2D eigenvalue weighted by atomic mass is 16.2. The predicted octanol–water partition coefficient (Wildman–Crippen LogP) is 1.10. The summed E-state index contributed by atoms with van der Waals surface area (Å²) in [5.41, 5.74) is 1.23. The largest absolute Gasteiger partial charge is 0.352 e. The molecule has 0 bridgehead atoms. The summed E-state index contributed by atoms with van der Waals surface area (Å²) in [5.74, 6) is 0.471. The number of urea groups is 1. The van der Waals surface area contributed by atoms with Crippen LogP contribution in [-0.2, 0) is 6.54 Å². The number of hydrogen-bond acceptors (Lipinski definition) is 5. The van der Waals surface area contributed by atoms with Gasteiger partial charge in [-0.15, -0.1) is 0 Å². The predicted molar refractivity (Wildman–Crippen MR) is 96.9 cm³/mol. The molecule has 8 nitrogen and oxygen atoms in total. The van der Waals surface area contributed by atoms with Crippen LogP contribution in [0, 0.1) is 0 Å². The first kappa shape index (κ1) is 17.2. The molecule has 2 amide bonds. The van der Waals surface area contributed by atoms with Gasteiger partial charge in [0, 0.05) is 38.4 Å². The maximum Gasteiger partial charge on any atom is 0.314 e. The van der Waals surface area contributed by atoms with Gasteiger partial charge in [-0.3, -0.25) is 9.36 Å². The van der Waals surface area contributed by atoms with Crippen molar-refractivity contribution in [3.63, 3.8) is 0 Å². The van der Waals surface area contributed by atoms with Crippen molar-refractivity contribution in [1.29, 1.82) is 0 Å². The van der Waals surface area contributed by atoms with E-state index < -0.39 is 0 Å². The molecule has 1 aliphatic rings. The highest BCUT2D eigenvalue weighted by Gasteiger charge is 2.24. The van der Waals surface area contributed by atoms with Gasteiger partial charge in [0.15, 0.2) is 11.5 Å². The van der Waals surface area contributed by atoms with E-state index in [9.17, 15) is 9.59 Å². The van der Waals surface area contributed by atoms with Gasteiger partial charge in [0.2, 0.25) is 0 Å². The molecule has 2 aromatic heterocycles. The SMILES string of the molecule is CCNC(=O)NC1CCN(c2nc3cccnc3n(CC)c2=O)CC1. The van der Waals surface area contributed by atoms with Crippen molar-refractivity contribution in [2.75, 3.05) is 24.5 Å². The zero-order chi connectivity index (χ0) is 17.8. The zero-order valence-corrected chi connectivity index (χ0v) is 14.7. The van der Waals surface area contributed by atoms with Crippen LogP contribution in [0.15, 0.2) is 23.1 Å². The lowest BCUT2D eigenvalue weighted by Crippen LogP contribution is -2.49. The number of amides is 2. The standard InChI is InChI=1S/C17H24N6O2/c1-3-18-17(25)20-12-7-10-22(11-8-12)15-16(24)23(4-2)14-13(21-15)6-5-9-19-14/h5-6,9,12H,3-4,7-8,10-11H2,1-2H3,(H2,18,20,25). The fraction of sp³-hybridized carbons (Fsp3) is 0.529. The Labute approximate surface area is 146 Å². The van der Waals surface area contributed by atoms with Crippen molar-refractivity contribution in [3.8, 4) is 0 Å². The molecule has 3 heterocycles. The minimum atomic E-state index is -0.135. The summed E-state index contributed by atoms with van der Waals surface area (Å²) in [6.07, 6.45) is 3.25. The molecule has 0 aromatic carbocycles. The Bertz CT molecular complexity index is 810. The summed E-state index contributed by atoms with van der Waals surface area (Å²) in [5, 5.41) is 5.71. The van der Waals surface area contributed by atoms with E-state index in [1.165, 1.54) is 0 Å². The molecule has 2 aromatic rings.